The first kappa shape index (κ1) is 36.6. The molecule has 0 saturated heterocycles. The van der Waals surface area contributed by atoms with Crippen molar-refractivity contribution in [1.29, 1.82) is 0 Å². The van der Waals surface area contributed by atoms with Gasteiger partial charge in [0.15, 0.2) is 0 Å². The molecule has 0 atom stereocenters. The maximum Gasteiger partial charge on any atom is 0.0601 e. The molecule has 4 saturated carbocycles. The highest BCUT2D eigenvalue weighted by atomic mass is 32.2. The van der Waals surface area contributed by atoms with Crippen LogP contribution in [0, 0.1) is 17.8 Å². The first-order valence-corrected chi connectivity index (χ1v) is 23.0. The van der Waals surface area contributed by atoms with Crippen molar-refractivity contribution in [3.63, 3.8) is 0 Å². The fourth-order valence-electron chi connectivity index (χ4n) is 11.8. The zero-order valence-corrected chi connectivity index (χ0v) is 35.1. The van der Waals surface area contributed by atoms with Gasteiger partial charge in [0, 0.05) is 32.4 Å². The molecule has 4 aliphatic carbocycles. The molecular weight excluding hydrogens is 757 g/mol. The Morgan fingerprint density at radius 2 is 0.852 bits per heavy atom. The zero-order valence-electron chi connectivity index (χ0n) is 34.3. The van der Waals surface area contributed by atoms with Gasteiger partial charge in [-0.3, -0.25) is 0 Å². The third-order valence-electron chi connectivity index (χ3n) is 14.2. The summed E-state index contributed by atoms with van der Waals surface area (Å²) in [6.07, 6.45) is 8.67. The highest BCUT2D eigenvalue weighted by molar-refractivity contribution is 7.99. The number of nitrogens with zero attached hydrogens (tertiary/aromatic N) is 2. The third-order valence-corrected chi connectivity index (χ3v) is 15.4. The van der Waals surface area contributed by atoms with E-state index in [9.17, 15) is 0 Å². The maximum atomic E-state index is 2.47. The van der Waals surface area contributed by atoms with Crippen LogP contribution in [0.25, 0.3) is 33.4 Å². The number of hydrogen-bond acceptors (Lipinski definition) is 3. The molecule has 0 radical (unpaired) electrons. The molecule has 61 heavy (non-hydrogen) atoms. The number of hydrogen-bond donors (Lipinski definition) is 0. The maximum absolute atomic E-state index is 2.47. The smallest absolute Gasteiger partial charge is 0.0601 e. The van der Waals surface area contributed by atoms with E-state index < -0.39 is 0 Å². The van der Waals surface area contributed by atoms with E-state index in [1.807, 2.05) is 11.8 Å². The van der Waals surface area contributed by atoms with Gasteiger partial charge in [0.2, 0.25) is 0 Å². The molecule has 1 aliphatic heterocycles. The lowest BCUT2D eigenvalue weighted by atomic mass is 9.48. The van der Waals surface area contributed by atoms with E-state index >= 15 is 0 Å². The van der Waals surface area contributed by atoms with Gasteiger partial charge in [0.1, 0.15) is 0 Å². The summed E-state index contributed by atoms with van der Waals surface area (Å²) in [7, 11) is 0. The third kappa shape index (κ3) is 6.58. The summed E-state index contributed by atoms with van der Waals surface area (Å²) in [4.78, 5) is 7.35. The molecule has 8 aromatic carbocycles. The van der Waals surface area contributed by atoms with Crippen molar-refractivity contribution in [2.75, 3.05) is 9.80 Å². The van der Waals surface area contributed by atoms with E-state index in [1.165, 1.54) is 93.1 Å². The number of fused-ring (bicyclic) bond motifs is 2. The first-order chi connectivity index (χ1) is 30.1. The first-order valence-electron chi connectivity index (χ1n) is 22.2. The van der Waals surface area contributed by atoms with E-state index in [4.69, 9.17) is 0 Å². The largest absolute Gasteiger partial charge is 0.310 e. The predicted octanol–water partition coefficient (Wildman–Crippen LogP) is 16.6. The number of benzene rings is 8. The van der Waals surface area contributed by atoms with E-state index in [0.29, 0.717) is 5.41 Å². The van der Waals surface area contributed by atoms with Crippen molar-refractivity contribution in [3.8, 4) is 33.4 Å². The van der Waals surface area contributed by atoms with Gasteiger partial charge in [0.25, 0.3) is 0 Å². The molecule has 0 aromatic heterocycles. The molecule has 13 rings (SSSR count). The van der Waals surface area contributed by atoms with Crippen LogP contribution in [0.15, 0.2) is 210 Å². The van der Waals surface area contributed by atoms with Gasteiger partial charge in [-0.25, -0.2) is 0 Å². The minimum absolute atomic E-state index is 0.426. The van der Waals surface area contributed by atoms with Crippen LogP contribution in [0.3, 0.4) is 0 Å². The Morgan fingerprint density at radius 1 is 0.410 bits per heavy atom. The summed E-state index contributed by atoms with van der Waals surface area (Å²) < 4.78 is 0. The van der Waals surface area contributed by atoms with Gasteiger partial charge in [-0.2, -0.15) is 0 Å². The Morgan fingerprint density at radius 3 is 1.39 bits per heavy atom. The molecule has 8 aromatic rings. The lowest BCUT2D eigenvalue weighted by Crippen LogP contribution is -2.48. The molecule has 0 N–H and O–H groups in total. The van der Waals surface area contributed by atoms with Crippen LogP contribution in [0.1, 0.15) is 44.1 Å². The SMILES string of the molecule is c1ccc(-c2ccccc2N(c2ccc(-c3ccc(N4c5ccccc5Sc5ccccc54)cc3)cc2)c2ccc(-c3ccc(C45CC6CC(CC(C6)C4)C5)cc3)cc2)cc1. The molecule has 0 amide bonds. The molecule has 0 spiro atoms. The molecule has 4 fully saturated rings. The van der Waals surface area contributed by atoms with Crippen molar-refractivity contribution in [2.45, 2.75) is 53.7 Å². The fraction of sp³-hybridized carbons (Fsp3) is 0.172. The molecule has 4 bridgehead atoms. The van der Waals surface area contributed by atoms with E-state index in [1.54, 1.807) is 5.56 Å². The normalized spacial score (nSPS) is 20.9. The van der Waals surface area contributed by atoms with Crippen LogP contribution >= 0.6 is 11.8 Å². The van der Waals surface area contributed by atoms with Crippen molar-refractivity contribution in [3.05, 3.63) is 206 Å². The minimum Gasteiger partial charge on any atom is -0.310 e. The summed E-state index contributed by atoms with van der Waals surface area (Å²) in [5, 5.41) is 0. The molecule has 296 valence electrons. The van der Waals surface area contributed by atoms with Crippen molar-refractivity contribution < 1.29 is 0 Å². The van der Waals surface area contributed by atoms with Gasteiger partial charge >= 0.3 is 0 Å². The quantitative estimate of drug-likeness (QED) is 0.151. The Balaban J connectivity index is 0.859. The van der Waals surface area contributed by atoms with Crippen LogP contribution in [-0.4, -0.2) is 0 Å². The average molecular weight is 805 g/mol. The lowest BCUT2D eigenvalue weighted by molar-refractivity contribution is -0.00518. The van der Waals surface area contributed by atoms with Gasteiger partial charge in [-0.05, 0) is 162 Å². The van der Waals surface area contributed by atoms with Gasteiger partial charge in [-0.15, -0.1) is 0 Å². The van der Waals surface area contributed by atoms with E-state index in [2.05, 4.69) is 210 Å². The van der Waals surface area contributed by atoms with Crippen LogP contribution in [0.5, 0.6) is 0 Å². The highest BCUT2D eigenvalue weighted by Crippen LogP contribution is 2.61. The molecule has 5 aliphatic rings. The monoisotopic (exact) mass is 804 g/mol. The summed E-state index contributed by atoms with van der Waals surface area (Å²) >= 11 is 1.84. The lowest BCUT2D eigenvalue weighted by Gasteiger charge is -2.57. The van der Waals surface area contributed by atoms with Crippen LogP contribution in [0.2, 0.25) is 0 Å². The van der Waals surface area contributed by atoms with Gasteiger partial charge in [-0.1, -0.05) is 145 Å². The highest BCUT2D eigenvalue weighted by Gasteiger charge is 2.51. The van der Waals surface area contributed by atoms with E-state index in [0.717, 1.165) is 40.5 Å². The van der Waals surface area contributed by atoms with Gasteiger partial charge in [0.05, 0.1) is 17.1 Å². The number of anilines is 6. The molecule has 2 nitrogen and oxygen atoms in total. The summed E-state index contributed by atoms with van der Waals surface area (Å²) in [5.41, 5.74) is 16.4. The molecule has 3 heteroatoms. The number of para-hydroxylation sites is 3. The summed E-state index contributed by atoms with van der Waals surface area (Å²) in [6.45, 7) is 0. The van der Waals surface area contributed by atoms with Crippen molar-refractivity contribution in [1.82, 2.24) is 0 Å². The molecule has 1 heterocycles. The standard InChI is InChI=1S/C58H48N2S/c1-2-10-47(11-3-1)52-12-4-5-13-53(52)59(49-28-20-44(21-29-49)43-18-26-48(27-19-43)58-37-40-34-41(38-58)36-42(35-40)39-58)50-30-22-45(23-31-50)46-24-32-51(33-25-46)60-54-14-6-8-16-56(54)61-57-17-9-7-15-55(57)60/h1-33,40-42H,34-39H2. The van der Waals surface area contributed by atoms with E-state index in [-0.39, 0.29) is 0 Å². The summed E-state index contributed by atoms with van der Waals surface area (Å²) in [6, 6.07) is 74.0. The van der Waals surface area contributed by atoms with Crippen LogP contribution in [0.4, 0.5) is 34.1 Å². The predicted molar refractivity (Wildman–Crippen MR) is 256 cm³/mol. The van der Waals surface area contributed by atoms with Crippen LogP contribution < -0.4 is 9.80 Å². The number of rotatable bonds is 8. The molecular formula is C58H48N2S. The Bertz CT molecular complexity index is 2760. The minimum atomic E-state index is 0.426. The second kappa shape index (κ2) is 15.0. The zero-order chi connectivity index (χ0) is 40.3. The topological polar surface area (TPSA) is 6.48 Å². The second-order valence-corrected chi connectivity index (χ2v) is 19.1. The van der Waals surface area contributed by atoms with Crippen LogP contribution in [-0.2, 0) is 5.41 Å². The summed E-state index contributed by atoms with van der Waals surface area (Å²) in [5.74, 6) is 2.87. The van der Waals surface area contributed by atoms with Crippen molar-refractivity contribution >= 4 is 45.9 Å². The van der Waals surface area contributed by atoms with Crippen molar-refractivity contribution in [2.24, 2.45) is 17.8 Å². The average Bonchev–Trinajstić information content (AvgIpc) is 3.31. The molecule has 0 unspecified atom stereocenters. The Hall–Kier alpha value is -6.29. The van der Waals surface area contributed by atoms with Gasteiger partial charge < -0.3 is 9.80 Å². The Kier molecular flexibility index (Phi) is 8.99. The Labute approximate surface area is 364 Å². The second-order valence-electron chi connectivity index (χ2n) is 18.0. The fourth-order valence-corrected chi connectivity index (χ4v) is 12.9.